The van der Waals surface area contributed by atoms with Gasteiger partial charge in [-0.15, -0.1) is 0 Å². The van der Waals surface area contributed by atoms with Crippen LogP contribution in [0.15, 0.2) is 78.9 Å². The number of carbonyl (C=O) groups is 2. The number of benzene rings is 3. The molecular formula is C31H37Cl2N3O4S. The molecule has 0 aliphatic carbocycles. The van der Waals surface area contributed by atoms with E-state index in [2.05, 4.69) is 5.32 Å². The fraction of sp³-hybridized carbons (Fsp3) is 0.355. The number of sulfonamides is 1. The molecule has 0 radical (unpaired) electrons. The highest BCUT2D eigenvalue weighted by molar-refractivity contribution is 7.92. The molecule has 1 N–H and O–H groups in total. The number of halogens is 2. The van der Waals surface area contributed by atoms with Gasteiger partial charge in [0, 0.05) is 37.0 Å². The highest BCUT2D eigenvalue weighted by Crippen LogP contribution is 2.31. The van der Waals surface area contributed by atoms with Crippen molar-refractivity contribution in [1.29, 1.82) is 0 Å². The summed E-state index contributed by atoms with van der Waals surface area (Å²) >= 11 is 12.4. The van der Waals surface area contributed by atoms with Gasteiger partial charge in [0.05, 0.1) is 17.0 Å². The Labute approximate surface area is 253 Å². The van der Waals surface area contributed by atoms with Crippen molar-refractivity contribution in [2.24, 2.45) is 0 Å². The maximum Gasteiger partial charge on any atom is 0.243 e. The van der Waals surface area contributed by atoms with Gasteiger partial charge < -0.3 is 10.2 Å². The monoisotopic (exact) mass is 617 g/mol. The summed E-state index contributed by atoms with van der Waals surface area (Å²) in [6.07, 6.45) is 2.42. The predicted molar refractivity (Wildman–Crippen MR) is 167 cm³/mol. The molecule has 10 heteroatoms. The van der Waals surface area contributed by atoms with Crippen molar-refractivity contribution < 1.29 is 18.0 Å². The summed E-state index contributed by atoms with van der Waals surface area (Å²) in [6, 6.07) is 22.9. The van der Waals surface area contributed by atoms with Crippen molar-refractivity contribution in [3.05, 3.63) is 100 Å². The number of nitrogens with zero attached hydrogens (tertiary/aromatic N) is 2. The summed E-state index contributed by atoms with van der Waals surface area (Å²) < 4.78 is 26.5. The second kappa shape index (κ2) is 15.2. The largest absolute Gasteiger partial charge is 0.352 e. The quantitative estimate of drug-likeness (QED) is 0.237. The zero-order valence-corrected chi connectivity index (χ0v) is 25.9. The van der Waals surface area contributed by atoms with Crippen molar-refractivity contribution in [3.63, 3.8) is 0 Å². The van der Waals surface area contributed by atoms with Crippen molar-refractivity contribution >= 4 is 50.7 Å². The first-order valence-electron chi connectivity index (χ1n) is 13.6. The third-order valence-corrected chi connectivity index (χ3v) is 8.53. The highest BCUT2D eigenvalue weighted by Gasteiger charge is 2.31. The minimum absolute atomic E-state index is 0.0201. The predicted octanol–water partition coefficient (Wildman–Crippen LogP) is 6.09. The van der Waals surface area contributed by atoms with Gasteiger partial charge in [0.15, 0.2) is 0 Å². The van der Waals surface area contributed by atoms with Gasteiger partial charge in [0.25, 0.3) is 0 Å². The second-order valence-corrected chi connectivity index (χ2v) is 12.8. The third kappa shape index (κ3) is 9.76. The van der Waals surface area contributed by atoms with Crippen LogP contribution in [0.5, 0.6) is 0 Å². The molecule has 220 valence electrons. The average molecular weight is 619 g/mol. The number of amides is 2. The van der Waals surface area contributed by atoms with Crippen LogP contribution >= 0.6 is 23.2 Å². The smallest absolute Gasteiger partial charge is 0.243 e. The molecule has 41 heavy (non-hydrogen) atoms. The topological polar surface area (TPSA) is 86.8 Å². The van der Waals surface area contributed by atoms with Crippen molar-refractivity contribution in [2.45, 2.75) is 58.2 Å². The minimum Gasteiger partial charge on any atom is -0.352 e. The van der Waals surface area contributed by atoms with Crippen LogP contribution in [0.4, 0.5) is 5.69 Å². The summed E-state index contributed by atoms with van der Waals surface area (Å²) in [6.45, 7) is 4.18. The van der Waals surface area contributed by atoms with Gasteiger partial charge in [0.2, 0.25) is 21.8 Å². The van der Waals surface area contributed by atoms with Crippen molar-refractivity contribution in [3.8, 4) is 0 Å². The molecule has 0 aliphatic heterocycles. The lowest BCUT2D eigenvalue weighted by Crippen LogP contribution is -2.52. The first kappa shape index (κ1) is 32.4. The molecule has 0 aromatic heterocycles. The van der Waals surface area contributed by atoms with Gasteiger partial charge in [0.1, 0.15) is 6.04 Å². The molecule has 0 saturated carbocycles. The fourth-order valence-electron chi connectivity index (χ4n) is 4.43. The van der Waals surface area contributed by atoms with Crippen molar-refractivity contribution in [1.82, 2.24) is 10.2 Å². The van der Waals surface area contributed by atoms with Crippen LogP contribution in [0.1, 0.15) is 44.2 Å². The van der Waals surface area contributed by atoms with E-state index in [0.717, 1.165) is 28.1 Å². The Kier molecular flexibility index (Phi) is 12.1. The Morgan fingerprint density at radius 3 is 2.12 bits per heavy atom. The number of hydrogen-bond acceptors (Lipinski definition) is 4. The summed E-state index contributed by atoms with van der Waals surface area (Å²) in [5.41, 5.74) is 2.07. The van der Waals surface area contributed by atoms with Gasteiger partial charge in [-0.25, -0.2) is 8.42 Å². The van der Waals surface area contributed by atoms with E-state index in [1.54, 1.807) is 11.0 Å². The Morgan fingerprint density at radius 2 is 1.54 bits per heavy atom. The van der Waals surface area contributed by atoms with Gasteiger partial charge >= 0.3 is 0 Å². The molecule has 7 nitrogen and oxygen atoms in total. The average Bonchev–Trinajstić information content (AvgIpc) is 2.94. The van der Waals surface area contributed by atoms with E-state index in [9.17, 15) is 18.0 Å². The van der Waals surface area contributed by atoms with E-state index in [-0.39, 0.29) is 54.5 Å². The van der Waals surface area contributed by atoms with E-state index < -0.39 is 16.1 Å². The van der Waals surface area contributed by atoms with Crippen LogP contribution in [0.25, 0.3) is 0 Å². The Morgan fingerprint density at radius 1 is 0.927 bits per heavy atom. The Bertz CT molecular complexity index is 1410. The van der Waals surface area contributed by atoms with Crippen LogP contribution in [0, 0.1) is 0 Å². The van der Waals surface area contributed by atoms with Crippen LogP contribution in [0.2, 0.25) is 10.0 Å². The normalized spacial score (nSPS) is 12.8. The lowest BCUT2D eigenvalue weighted by molar-refractivity contribution is -0.141. The molecule has 2 amide bonds. The molecule has 0 spiro atoms. The molecule has 0 fully saturated rings. The second-order valence-electron chi connectivity index (χ2n) is 10.1. The Balaban J connectivity index is 1.89. The maximum atomic E-state index is 13.9. The van der Waals surface area contributed by atoms with Gasteiger partial charge in [-0.1, -0.05) is 90.8 Å². The summed E-state index contributed by atoms with van der Waals surface area (Å²) in [5, 5.41) is 3.63. The minimum atomic E-state index is -3.71. The summed E-state index contributed by atoms with van der Waals surface area (Å²) in [5.74, 6) is -0.476. The molecule has 3 aromatic rings. The maximum absolute atomic E-state index is 13.9. The van der Waals surface area contributed by atoms with Gasteiger partial charge in [-0.3, -0.25) is 13.9 Å². The molecule has 3 rings (SSSR count). The molecular weight excluding hydrogens is 581 g/mol. The summed E-state index contributed by atoms with van der Waals surface area (Å²) in [7, 11) is -3.71. The SMILES string of the molecule is CC[C@@H](C)NC(=O)[C@H](Cc1ccccc1)N(Cc1ccccc1)C(=O)CCCN(c1cc(Cl)ccc1Cl)S(C)(=O)=O. The highest BCUT2D eigenvalue weighted by atomic mass is 35.5. The Hall–Kier alpha value is -3.07. The lowest BCUT2D eigenvalue weighted by Gasteiger charge is -2.32. The van der Waals surface area contributed by atoms with Crippen LogP contribution in [0.3, 0.4) is 0 Å². The lowest BCUT2D eigenvalue weighted by atomic mass is 10.0. The molecule has 0 aliphatic rings. The standard InChI is InChI=1S/C31H37Cl2N3O4S/c1-4-23(2)34-31(38)29(20-24-12-7-5-8-13-24)35(22-25-14-9-6-10-15-25)30(37)16-11-19-36(41(3,39)40)28-21-26(32)17-18-27(28)33/h5-10,12-15,17-18,21,23,29H,4,11,16,19-20,22H2,1-3H3,(H,34,38)/t23-,29+/m1/s1. The van der Waals surface area contributed by atoms with E-state index >= 15 is 0 Å². The molecule has 0 unspecified atom stereocenters. The molecule has 3 aromatic carbocycles. The van der Waals surface area contributed by atoms with E-state index in [1.165, 1.54) is 12.1 Å². The van der Waals surface area contributed by atoms with E-state index in [1.807, 2.05) is 74.5 Å². The third-order valence-electron chi connectivity index (χ3n) is 6.80. The van der Waals surface area contributed by atoms with Crippen molar-refractivity contribution in [2.75, 3.05) is 17.1 Å². The zero-order chi connectivity index (χ0) is 30.0. The number of anilines is 1. The van der Waals surface area contributed by atoms with Crippen LogP contribution < -0.4 is 9.62 Å². The molecule has 0 bridgehead atoms. The number of hydrogen-bond donors (Lipinski definition) is 1. The van der Waals surface area contributed by atoms with E-state index in [0.29, 0.717) is 11.4 Å². The van der Waals surface area contributed by atoms with Crippen LogP contribution in [-0.4, -0.2) is 50.0 Å². The fourth-order valence-corrected chi connectivity index (χ4v) is 5.84. The number of rotatable bonds is 14. The van der Waals surface area contributed by atoms with Gasteiger partial charge in [-0.2, -0.15) is 0 Å². The van der Waals surface area contributed by atoms with E-state index in [4.69, 9.17) is 23.2 Å². The summed E-state index contributed by atoms with van der Waals surface area (Å²) in [4.78, 5) is 29.1. The van der Waals surface area contributed by atoms with Gasteiger partial charge in [-0.05, 0) is 49.1 Å². The molecule has 0 saturated heterocycles. The number of carbonyl (C=O) groups excluding carboxylic acids is 2. The number of nitrogens with one attached hydrogen (secondary N) is 1. The first-order chi connectivity index (χ1) is 19.5. The molecule has 2 atom stereocenters. The van der Waals surface area contributed by atoms with Crippen LogP contribution in [-0.2, 0) is 32.6 Å². The zero-order valence-electron chi connectivity index (χ0n) is 23.6. The first-order valence-corrected chi connectivity index (χ1v) is 16.2. The molecule has 0 heterocycles.